The van der Waals surface area contributed by atoms with Crippen molar-refractivity contribution in [1.82, 2.24) is 4.98 Å². The van der Waals surface area contributed by atoms with E-state index in [9.17, 15) is 0 Å². The van der Waals surface area contributed by atoms with Gasteiger partial charge in [-0.1, -0.05) is 23.2 Å². The Bertz CT molecular complexity index is 606. The third-order valence-corrected chi connectivity index (χ3v) is 3.20. The molecule has 0 aliphatic rings. The van der Waals surface area contributed by atoms with Crippen LogP contribution in [0, 0.1) is 0 Å². The molecule has 0 atom stereocenters. The van der Waals surface area contributed by atoms with Crippen LogP contribution < -0.4 is 14.8 Å². The molecule has 106 valence electrons. The lowest BCUT2D eigenvalue weighted by molar-refractivity contribution is 0.355. The summed E-state index contributed by atoms with van der Waals surface area (Å²) in [5.41, 5.74) is 1.86. The Labute approximate surface area is 127 Å². The van der Waals surface area contributed by atoms with E-state index in [0.29, 0.717) is 28.2 Å². The lowest BCUT2D eigenvalue weighted by Crippen LogP contribution is -2.01. The molecule has 0 radical (unpaired) electrons. The fraction of sp³-hybridized carbons (Fsp3) is 0.214. The number of aromatic nitrogens is 1. The van der Waals surface area contributed by atoms with E-state index in [1.807, 2.05) is 18.2 Å². The van der Waals surface area contributed by atoms with Crippen molar-refractivity contribution in [3.63, 3.8) is 0 Å². The number of ether oxygens (including phenoxy) is 2. The molecule has 0 bridgehead atoms. The zero-order chi connectivity index (χ0) is 14.5. The van der Waals surface area contributed by atoms with Crippen LogP contribution in [-0.4, -0.2) is 19.2 Å². The van der Waals surface area contributed by atoms with Gasteiger partial charge in [-0.2, -0.15) is 0 Å². The van der Waals surface area contributed by atoms with Crippen molar-refractivity contribution in [2.45, 2.75) is 6.54 Å². The van der Waals surface area contributed by atoms with Gasteiger partial charge in [-0.15, -0.1) is 0 Å². The van der Waals surface area contributed by atoms with E-state index >= 15 is 0 Å². The molecule has 0 unspecified atom stereocenters. The van der Waals surface area contributed by atoms with E-state index in [1.165, 1.54) is 0 Å². The van der Waals surface area contributed by atoms with Gasteiger partial charge >= 0.3 is 0 Å². The summed E-state index contributed by atoms with van der Waals surface area (Å²) in [6.07, 6.45) is 1.65. The van der Waals surface area contributed by atoms with Gasteiger partial charge < -0.3 is 14.8 Å². The predicted octanol–water partition coefficient (Wildman–Crippen LogP) is 4.02. The lowest BCUT2D eigenvalue weighted by atomic mass is 10.2. The van der Waals surface area contributed by atoms with Crippen LogP contribution in [0.4, 0.5) is 5.69 Å². The SMILES string of the molecule is COc1cc(CNc2ccnc(Cl)c2)cc(Cl)c1OC. The average molecular weight is 313 g/mol. The van der Waals surface area contributed by atoms with Crippen LogP contribution in [0.1, 0.15) is 5.56 Å². The third-order valence-electron chi connectivity index (χ3n) is 2.72. The minimum absolute atomic E-state index is 0.445. The van der Waals surface area contributed by atoms with Crippen molar-refractivity contribution in [2.75, 3.05) is 19.5 Å². The Balaban J connectivity index is 2.16. The first kappa shape index (κ1) is 14.8. The summed E-state index contributed by atoms with van der Waals surface area (Å²) >= 11 is 12.0. The monoisotopic (exact) mass is 312 g/mol. The molecule has 0 fully saturated rings. The van der Waals surface area contributed by atoms with Crippen LogP contribution >= 0.6 is 23.2 Å². The molecule has 1 N–H and O–H groups in total. The second-order valence-electron chi connectivity index (χ2n) is 4.03. The number of nitrogens with zero attached hydrogens (tertiary/aromatic N) is 1. The first-order chi connectivity index (χ1) is 9.63. The molecular weight excluding hydrogens is 299 g/mol. The Morgan fingerprint density at radius 3 is 2.60 bits per heavy atom. The number of benzene rings is 1. The maximum atomic E-state index is 6.16. The summed E-state index contributed by atoms with van der Waals surface area (Å²) in [5.74, 6) is 1.13. The normalized spacial score (nSPS) is 10.2. The van der Waals surface area contributed by atoms with Gasteiger partial charge in [0.15, 0.2) is 11.5 Å². The molecule has 1 aromatic carbocycles. The molecular formula is C14H14Cl2N2O2. The highest BCUT2D eigenvalue weighted by atomic mass is 35.5. The molecule has 0 saturated heterocycles. The number of halogens is 2. The minimum atomic E-state index is 0.445. The lowest BCUT2D eigenvalue weighted by Gasteiger charge is -2.12. The molecule has 0 amide bonds. The van der Waals surface area contributed by atoms with E-state index in [4.69, 9.17) is 32.7 Å². The third kappa shape index (κ3) is 3.46. The average Bonchev–Trinajstić information content (AvgIpc) is 2.44. The van der Waals surface area contributed by atoms with Crippen molar-refractivity contribution in [3.05, 3.63) is 46.2 Å². The highest BCUT2D eigenvalue weighted by Gasteiger charge is 2.10. The van der Waals surface area contributed by atoms with Crippen molar-refractivity contribution in [1.29, 1.82) is 0 Å². The van der Waals surface area contributed by atoms with Crippen LogP contribution in [0.5, 0.6) is 11.5 Å². The van der Waals surface area contributed by atoms with Gasteiger partial charge in [0.2, 0.25) is 0 Å². The van der Waals surface area contributed by atoms with Crippen LogP contribution in [-0.2, 0) is 6.54 Å². The first-order valence-electron chi connectivity index (χ1n) is 5.90. The van der Waals surface area contributed by atoms with Crippen molar-refractivity contribution < 1.29 is 9.47 Å². The topological polar surface area (TPSA) is 43.4 Å². The van der Waals surface area contributed by atoms with Crippen LogP contribution in [0.25, 0.3) is 0 Å². The van der Waals surface area contributed by atoms with E-state index in [0.717, 1.165) is 11.3 Å². The van der Waals surface area contributed by atoms with Gasteiger partial charge in [0.05, 0.1) is 19.2 Å². The largest absolute Gasteiger partial charge is 0.493 e. The molecule has 1 aromatic heterocycles. The number of hydrogen-bond acceptors (Lipinski definition) is 4. The number of anilines is 1. The van der Waals surface area contributed by atoms with Crippen molar-refractivity contribution in [3.8, 4) is 11.5 Å². The minimum Gasteiger partial charge on any atom is -0.493 e. The maximum absolute atomic E-state index is 6.16. The standard InChI is InChI=1S/C14H14Cl2N2O2/c1-19-12-6-9(5-11(15)14(12)20-2)8-18-10-3-4-17-13(16)7-10/h3-7H,8H2,1-2H3,(H,17,18). The quantitative estimate of drug-likeness (QED) is 0.847. The van der Waals surface area contributed by atoms with Crippen molar-refractivity contribution in [2.24, 2.45) is 0 Å². The predicted molar refractivity (Wildman–Crippen MR) is 81.1 cm³/mol. The first-order valence-corrected chi connectivity index (χ1v) is 6.65. The fourth-order valence-corrected chi connectivity index (χ4v) is 2.27. The van der Waals surface area contributed by atoms with Gasteiger partial charge in [0.1, 0.15) is 5.15 Å². The molecule has 6 heteroatoms. The highest BCUT2D eigenvalue weighted by Crippen LogP contribution is 2.36. The molecule has 0 aliphatic carbocycles. The van der Waals surface area contributed by atoms with E-state index in [-0.39, 0.29) is 0 Å². The van der Waals surface area contributed by atoms with Crippen LogP contribution in [0.2, 0.25) is 10.2 Å². The molecule has 0 spiro atoms. The molecule has 2 rings (SSSR count). The summed E-state index contributed by atoms with van der Waals surface area (Å²) in [6.45, 7) is 0.584. The zero-order valence-electron chi connectivity index (χ0n) is 11.1. The summed E-state index contributed by atoms with van der Waals surface area (Å²) in [7, 11) is 3.13. The van der Waals surface area contributed by atoms with Gasteiger partial charge in [0, 0.05) is 18.4 Å². The number of pyridine rings is 1. The van der Waals surface area contributed by atoms with E-state index in [1.54, 1.807) is 26.5 Å². The Morgan fingerprint density at radius 2 is 1.95 bits per heavy atom. The molecule has 20 heavy (non-hydrogen) atoms. The zero-order valence-corrected chi connectivity index (χ0v) is 12.6. The summed E-state index contributed by atoms with van der Waals surface area (Å²) in [5, 5.41) is 4.19. The van der Waals surface area contributed by atoms with Gasteiger partial charge in [-0.05, 0) is 29.8 Å². The van der Waals surface area contributed by atoms with Crippen LogP contribution in [0.3, 0.4) is 0 Å². The summed E-state index contributed by atoms with van der Waals surface area (Å²) < 4.78 is 10.5. The number of methoxy groups -OCH3 is 2. The molecule has 2 aromatic rings. The van der Waals surface area contributed by atoms with E-state index < -0.39 is 0 Å². The second kappa shape index (κ2) is 6.68. The highest BCUT2D eigenvalue weighted by molar-refractivity contribution is 6.32. The van der Waals surface area contributed by atoms with Gasteiger partial charge in [0.25, 0.3) is 0 Å². The molecule has 1 heterocycles. The number of nitrogens with one attached hydrogen (secondary N) is 1. The van der Waals surface area contributed by atoms with Crippen LogP contribution in [0.15, 0.2) is 30.5 Å². The summed E-state index contributed by atoms with van der Waals surface area (Å²) in [4.78, 5) is 3.93. The maximum Gasteiger partial charge on any atom is 0.179 e. The van der Waals surface area contributed by atoms with Gasteiger partial charge in [-0.3, -0.25) is 0 Å². The van der Waals surface area contributed by atoms with Crippen molar-refractivity contribution >= 4 is 28.9 Å². The molecule has 4 nitrogen and oxygen atoms in total. The number of hydrogen-bond donors (Lipinski definition) is 1. The van der Waals surface area contributed by atoms with Gasteiger partial charge in [-0.25, -0.2) is 4.98 Å². The summed E-state index contributed by atoms with van der Waals surface area (Å²) in [6, 6.07) is 7.30. The van der Waals surface area contributed by atoms with E-state index in [2.05, 4.69) is 10.3 Å². The number of rotatable bonds is 5. The fourth-order valence-electron chi connectivity index (χ4n) is 1.79. The Morgan fingerprint density at radius 1 is 1.15 bits per heavy atom. The smallest absolute Gasteiger partial charge is 0.179 e. The second-order valence-corrected chi connectivity index (χ2v) is 4.83. The Kier molecular flexibility index (Phi) is 4.93. The molecule has 0 saturated carbocycles. The Hall–Kier alpha value is -1.65. The molecule has 0 aliphatic heterocycles.